The van der Waals surface area contributed by atoms with Crippen LogP contribution in [0.5, 0.6) is 5.75 Å². The lowest BCUT2D eigenvalue weighted by Gasteiger charge is -2.15. The fourth-order valence-electron chi connectivity index (χ4n) is 2.57. The van der Waals surface area contributed by atoms with Gasteiger partial charge in [-0.05, 0) is 55.0 Å². The molecule has 0 atom stereocenters. The molecule has 3 rings (SSSR count). The SMILES string of the molecule is COc1ccc(NC(=O)c2cnccc2C)c(S(=O)(=O)Nc2ccc(Br)cc2)c1. The molecule has 0 aliphatic rings. The second-order valence-electron chi connectivity index (χ2n) is 6.12. The number of ether oxygens (including phenoxy) is 1. The van der Waals surface area contributed by atoms with Crippen molar-refractivity contribution >= 4 is 43.2 Å². The fourth-order valence-corrected chi connectivity index (χ4v) is 4.08. The first-order valence-corrected chi connectivity index (χ1v) is 10.8. The lowest BCUT2D eigenvalue weighted by Crippen LogP contribution is -2.19. The molecule has 150 valence electrons. The summed E-state index contributed by atoms with van der Waals surface area (Å²) in [6, 6.07) is 12.8. The third-order valence-electron chi connectivity index (χ3n) is 4.11. The van der Waals surface area contributed by atoms with Gasteiger partial charge in [-0.25, -0.2) is 8.42 Å². The number of carbonyl (C=O) groups excluding carboxylic acids is 1. The maximum Gasteiger partial charge on any atom is 0.264 e. The van der Waals surface area contributed by atoms with Crippen LogP contribution in [0.15, 0.2) is 70.3 Å². The van der Waals surface area contributed by atoms with Gasteiger partial charge < -0.3 is 10.1 Å². The summed E-state index contributed by atoms with van der Waals surface area (Å²) in [7, 11) is -2.57. The van der Waals surface area contributed by atoms with Crippen molar-refractivity contribution in [2.24, 2.45) is 0 Å². The van der Waals surface area contributed by atoms with Crippen molar-refractivity contribution in [1.29, 1.82) is 0 Å². The van der Waals surface area contributed by atoms with Gasteiger partial charge in [0.15, 0.2) is 0 Å². The summed E-state index contributed by atoms with van der Waals surface area (Å²) in [5, 5.41) is 2.66. The number of hydrogen-bond donors (Lipinski definition) is 2. The van der Waals surface area contributed by atoms with Crippen molar-refractivity contribution in [2.45, 2.75) is 11.8 Å². The summed E-state index contributed by atoms with van der Waals surface area (Å²) in [5.74, 6) is -0.113. The number of benzene rings is 2. The van der Waals surface area contributed by atoms with E-state index >= 15 is 0 Å². The zero-order valence-electron chi connectivity index (χ0n) is 15.6. The summed E-state index contributed by atoms with van der Waals surface area (Å²) < 4.78 is 34.5. The summed E-state index contributed by atoms with van der Waals surface area (Å²) in [4.78, 5) is 16.5. The van der Waals surface area contributed by atoms with Crippen LogP contribution in [0.3, 0.4) is 0 Å². The Balaban J connectivity index is 1.97. The number of aryl methyl sites for hydroxylation is 1. The smallest absolute Gasteiger partial charge is 0.264 e. The molecule has 0 radical (unpaired) electrons. The molecule has 0 saturated heterocycles. The van der Waals surface area contributed by atoms with E-state index in [1.165, 1.54) is 25.4 Å². The lowest BCUT2D eigenvalue weighted by atomic mass is 10.1. The Morgan fingerprint density at radius 3 is 2.48 bits per heavy atom. The monoisotopic (exact) mass is 475 g/mol. The number of amides is 1. The first-order chi connectivity index (χ1) is 13.8. The highest BCUT2D eigenvalue weighted by atomic mass is 79.9. The maximum absolute atomic E-state index is 13.0. The molecule has 1 amide bonds. The van der Waals surface area contributed by atoms with Gasteiger partial charge in [0.05, 0.1) is 18.4 Å². The van der Waals surface area contributed by atoms with E-state index in [1.54, 1.807) is 49.5 Å². The molecule has 2 aromatic carbocycles. The van der Waals surface area contributed by atoms with E-state index < -0.39 is 15.9 Å². The third-order valence-corrected chi connectivity index (χ3v) is 6.06. The highest BCUT2D eigenvalue weighted by molar-refractivity contribution is 9.10. The van der Waals surface area contributed by atoms with Crippen LogP contribution in [0.2, 0.25) is 0 Å². The van der Waals surface area contributed by atoms with Crippen LogP contribution in [0.1, 0.15) is 15.9 Å². The molecule has 0 aliphatic carbocycles. The molecular formula is C20H18BrN3O4S. The number of anilines is 2. The van der Waals surface area contributed by atoms with Crippen LogP contribution in [-0.2, 0) is 10.0 Å². The fraction of sp³-hybridized carbons (Fsp3) is 0.100. The summed E-state index contributed by atoms with van der Waals surface area (Å²) in [6.45, 7) is 1.78. The van der Waals surface area contributed by atoms with Gasteiger partial charge in [-0.3, -0.25) is 14.5 Å². The van der Waals surface area contributed by atoms with Gasteiger partial charge in [-0.15, -0.1) is 0 Å². The number of hydrogen-bond acceptors (Lipinski definition) is 5. The topological polar surface area (TPSA) is 97.4 Å². The second kappa shape index (κ2) is 8.62. The summed E-state index contributed by atoms with van der Waals surface area (Å²) in [6.07, 6.45) is 3.01. The van der Waals surface area contributed by atoms with E-state index in [0.29, 0.717) is 17.0 Å². The molecule has 0 aliphatic heterocycles. The van der Waals surface area contributed by atoms with Gasteiger partial charge in [-0.2, -0.15) is 0 Å². The predicted octanol–water partition coefficient (Wildman–Crippen LogP) is 4.21. The largest absolute Gasteiger partial charge is 0.497 e. The van der Waals surface area contributed by atoms with E-state index in [2.05, 4.69) is 31.0 Å². The standard InChI is InChI=1S/C20H18BrN3O4S/c1-13-9-10-22-12-17(13)20(25)23-18-8-7-16(28-2)11-19(18)29(26,27)24-15-5-3-14(21)4-6-15/h3-12,24H,1-2H3,(H,23,25). The van der Waals surface area contributed by atoms with Crippen molar-refractivity contribution in [1.82, 2.24) is 4.98 Å². The Labute approximate surface area is 177 Å². The Kier molecular flexibility index (Phi) is 6.19. The molecule has 9 heteroatoms. The van der Waals surface area contributed by atoms with Gasteiger partial charge in [0.25, 0.3) is 15.9 Å². The molecule has 0 spiro atoms. The van der Waals surface area contributed by atoms with Crippen LogP contribution in [0.4, 0.5) is 11.4 Å². The van der Waals surface area contributed by atoms with Gasteiger partial charge >= 0.3 is 0 Å². The average molecular weight is 476 g/mol. The highest BCUT2D eigenvalue weighted by Gasteiger charge is 2.22. The van der Waals surface area contributed by atoms with Crippen LogP contribution >= 0.6 is 15.9 Å². The van der Waals surface area contributed by atoms with Crippen LogP contribution in [0.25, 0.3) is 0 Å². The molecule has 7 nitrogen and oxygen atoms in total. The van der Waals surface area contributed by atoms with E-state index in [1.807, 2.05) is 0 Å². The van der Waals surface area contributed by atoms with E-state index in [0.717, 1.165) is 10.0 Å². The number of pyridine rings is 1. The normalized spacial score (nSPS) is 11.0. The molecule has 0 saturated carbocycles. The molecule has 0 bridgehead atoms. The van der Waals surface area contributed by atoms with Crippen molar-refractivity contribution < 1.29 is 17.9 Å². The molecule has 1 heterocycles. The third kappa shape index (κ3) is 4.93. The number of sulfonamides is 1. The minimum atomic E-state index is -4.00. The number of methoxy groups -OCH3 is 1. The van der Waals surface area contributed by atoms with Gasteiger partial charge in [0.2, 0.25) is 0 Å². The number of carbonyl (C=O) groups is 1. The number of nitrogens with zero attached hydrogens (tertiary/aromatic N) is 1. The maximum atomic E-state index is 13.0. The van der Waals surface area contributed by atoms with Crippen LogP contribution < -0.4 is 14.8 Å². The predicted molar refractivity (Wildman–Crippen MR) is 115 cm³/mol. The van der Waals surface area contributed by atoms with Crippen LogP contribution in [-0.4, -0.2) is 26.4 Å². The minimum Gasteiger partial charge on any atom is -0.497 e. The summed E-state index contributed by atoms with van der Waals surface area (Å²) >= 11 is 3.31. The Bertz CT molecular complexity index is 1150. The van der Waals surface area contributed by atoms with Crippen molar-refractivity contribution in [3.63, 3.8) is 0 Å². The number of rotatable bonds is 6. The molecule has 1 aromatic heterocycles. The van der Waals surface area contributed by atoms with Crippen molar-refractivity contribution in [3.05, 3.63) is 76.5 Å². The Morgan fingerprint density at radius 2 is 1.83 bits per heavy atom. The summed E-state index contributed by atoms with van der Waals surface area (Å²) in [5.41, 5.74) is 1.59. The van der Waals surface area contributed by atoms with Crippen molar-refractivity contribution in [2.75, 3.05) is 17.1 Å². The average Bonchev–Trinajstić information content (AvgIpc) is 2.70. The Morgan fingerprint density at radius 1 is 1.10 bits per heavy atom. The zero-order valence-corrected chi connectivity index (χ0v) is 18.0. The Hall–Kier alpha value is -2.91. The zero-order chi connectivity index (χ0) is 21.0. The van der Waals surface area contributed by atoms with E-state index in [4.69, 9.17) is 4.74 Å². The van der Waals surface area contributed by atoms with E-state index in [-0.39, 0.29) is 10.6 Å². The molecular weight excluding hydrogens is 458 g/mol. The molecule has 3 aromatic rings. The van der Waals surface area contributed by atoms with Gasteiger partial charge in [0.1, 0.15) is 10.6 Å². The molecule has 0 fully saturated rings. The minimum absolute atomic E-state index is 0.116. The molecule has 0 unspecified atom stereocenters. The highest BCUT2D eigenvalue weighted by Crippen LogP contribution is 2.29. The molecule has 29 heavy (non-hydrogen) atoms. The quantitative estimate of drug-likeness (QED) is 0.556. The first-order valence-electron chi connectivity index (χ1n) is 8.48. The second-order valence-corrected chi connectivity index (χ2v) is 8.69. The lowest BCUT2D eigenvalue weighted by molar-refractivity contribution is 0.102. The van der Waals surface area contributed by atoms with Crippen LogP contribution in [0, 0.1) is 6.92 Å². The number of halogens is 1. The van der Waals surface area contributed by atoms with Gasteiger partial charge in [0, 0.05) is 28.6 Å². The first kappa shape index (κ1) is 20.8. The van der Waals surface area contributed by atoms with E-state index in [9.17, 15) is 13.2 Å². The molecule has 2 N–H and O–H groups in total. The number of aromatic nitrogens is 1. The van der Waals surface area contributed by atoms with Gasteiger partial charge in [-0.1, -0.05) is 15.9 Å². The van der Waals surface area contributed by atoms with Crippen molar-refractivity contribution in [3.8, 4) is 5.75 Å². The number of nitrogens with one attached hydrogen (secondary N) is 2.